The summed E-state index contributed by atoms with van der Waals surface area (Å²) in [7, 11) is 0. The fourth-order valence-electron chi connectivity index (χ4n) is 2.50. The first-order valence-electron chi connectivity index (χ1n) is 9.66. The average Bonchev–Trinajstić information content (AvgIpc) is 2.68. The quantitative estimate of drug-likeness (QED) is 0.321. The second-order valence-corrected chi connectivity index (χ2v) is 7.46. The lowest BCUT2D eigenvalue weighted by Crippen LogP contribution is -2.39. The zero-order valence-electron chi connectivity index (χ0n) is 17.4. The van der Waals surface area contributed by atoms with Crippen LogP contribution >= 0.6 is 11.6 Å². The van der Waals surface area contributed by atoms with Crippen molar-refractivity contribution in [3.8, 4) is 23.3 Å². The van der Waals surface area contributed by atoms with Crippen LogP contribution in [0.25, 0.3) is 0 Å². The van der Waals surface area contributed by atoms with E-state index in [1.807, 2.05) is 49.4 Å². The molecule has 0 bridgehead atoms. The number of hydrogen-bond acceptors (Lipinski definition) is 4. The van der Waals surface area contributed by atoms with Gasteiger partial charge in [0.2, 0.25) is 0 Å². The van der Waals surface area contributed by atoms with Crippen molar-refractivity contribution in [2.45, 2.75) is 46.1 Å². The fraction of sp³-hybridized carbons (Fsp3) is 0.375. The van der Waals surface area contributed by atoms with Crippen LogP contribution in [0.15, 0.2) is 42.5 Å². The summed E-state index contributed by atoms with van der Waals surface area (Å²) in [4.78, 5) is 12.0. The van der Waals surface area contributed by atoms with Crippen LogP contribution in [0.2, 0.25) is 5.02 Å². The first kappa shape index (κ1) is 22.6. The van der Waals surface area contributed by atoms with E-state index in [-0.39, 0.29) is 5.97 Å². The Hall–Kier alpha value is -2.64. The maximum atomic E-state index is 12.0. The van der Waals surface area contributed by atoms with Gasteiger partial charge in [0.1, 0.15) is 11.5 Å². The molecule has 0 spiro atoms. The minimum absolute atomic E-state index is 0.321. The van der Waals surface area contributed by atoms with Crippen molar-refractivity contribution in [1.82, 2.24) is 0 Å². The van der Waals surface area contributed by atoms with Gasteiger partial charge in [0.15, 0.2) is 5.60 Å². The molecule has 0 aromatic heterocycles. The highest BCUT2D eigenvalue weighted by Crippen LogP contribution is 2.27. The molecule has 154 valence electrons. The summed E-state index contributed by atoms with van der Waals surface area (Å²) in [5, 5.41) is 0.708. The number of unbranched alkanes of at least 4 members (excludes halogenated alkanes) is 1. The van der Waals surface area contributed by atoms with Crippen LogP contribution in [-0.4, -0.2) is 24.8 Å². The summed E-state index contributed by atoms with van der Waals surface area (Å²) >= 11 is 5.86. The third kappa shape index (κ3) is 7.36. The molecule has 0 amide bonds. The van der Waals surface area contributed by atoms with E-state index in [0.717, 1.165) is 29.7 Å². The topological polar surface area (TPSA) is 44.8 Å². The Bertz CT molecular complexity index is 876. The van der Waals surface area contributed by atoms with E-state index in [0.29, 0.717) is 24.0 Å². The van der Waals surface area contributed by atoms with Crippen molar-refractivity contribution in [1.29, 1.82) is 0 Å². The van der Waals surface area contributed by atoms with Crippen LogP contribution in [0.1, 0.15) is 44.7 Å². The van der Waals surface area contributed by atoms with Crippen molar-refractivity contribution in [3.05, 3.63) is 58.6 Å². The number of ether oxygens (including phenoxy) is 3. The second kappa shape index (κ2) is 10.8. The monoisotopic (exact) mass is 414 g/mol. The van der Waals surface area contributed by atoms with Gasteiger partial charge in [-0.15, -0.1) is 0 Å². The van der Waals surface area contributed by atoms with Crippen molar-refractivity contribution < 1.29 is 19.0 Å². The lowest BCUT2D eigenvalue weighted by molar-refractivity contribution is -0.158. The van der Waals surface area contributed by atoms with E-state index in [1.54, 1.807) is 20.8 Å². The number of esters is 1. The Kier molecular flexibility index (Phi) is 8.42. The Morgan fingerprint density at radius 1 is 1.14 bits per heavy atom. The van der Waals surface area contributed by atoms with Crippen LogP contribution in [0.4, 0.5) is 0 Å². The molecule has 0 radical (unpaired) electrons. The number of carbonyl (C=O) groups is 1. The number of halogens is 1. The first-order chi connectivity index (χ1) is 13.8. The lowest BCUT2D eigenvalue weighted by atomic mass is 10.1. The van der Waals surface area contributed by atoms with E-state index in [9.17, 15) is 4.79 Å². The summed E-state index contributed by atoms with van der Waals surface area (Å²) in [5.74, 6) is 7.24. The molecule has 0 heterocycles. The highest BCUT2D eigenvalue weighted by Gasteiger charge is 2.32. The van der Waals surface area contributed by atoms with Gasteiger partial charge in [-0.25, -0.2) is 4.79 Å². The van der Waals surface area contributed by atoms with E-state index in [2.05, 4.69) is 11.8 Å². The van der Waals surface area contributed by atoms with Gasteiger partial charge >= 0.3 is 5.97 Å². The summed E-state index contributed by atoms with van der Waals surface area (Å²) in [6.45, 7) is 7.97. The van der Waals surface area contributed by atoms with E-state index < -0.39 is 5.60 Å². The molecule has 0 saturated heterocycles. The molecule has 2 rings (SSSR count). The van der Waals surface area contributed by atoms with Crippen molar-refractivity contribution in [2.24, 2.45) is 0 Å². The molecule has 0 aliphatic heterocycles. The van der Waals surface area contributed by atoms with Gasteiger partial charge in [0, 0.05) is 17.0 Å². The predicted molar refractivity (Wildman–Crippen MR) is 116 cm³/mol. The zero-order chi connectivity index (χ0) is 21.3. The smallest absolute Gasteiger partial charge is 0.349 e. The predicted octanol–water partition coefficient (Wildman–Crippen LogP) is 5.58. The molecule has 0 atom stereocenters. The van der Waals surface area contributed by atoms with Gasteiger partial charge in [-0.2, -0.15) is 0 Å². The Balaban J connectivity index is 1.81. The van der Waals surface area contributed by atoms with Crippen LogP contribution in [0.5, 0.6) is 11.5 Å². The van der Waals surface area contributed by atoms with Crippen molar-refractivity contribution in [3.63, 3.8) is 0 Å². The highest BCUT2D eigenvalue weighted by molar-refractivity contribution is 6.30. The lowest BCUT2D eigenvalue weighted by Gasteiger charge is -2.25. The normalized spacial score (nSPS) is 10.7. The summed E-state index contributed by atoms with van der Waals surface area (Å²) < 4.78 is 16.7. The minimum atomic E-state index is -1.05. The molecular weight excluding hydrogens is 388 g/mol. The number of rotatable bonds is 8. The number of hydrogen-bond donors (Lipinski definition) is 0. The Morgan fingerprint density at radius 2 is 1.86 bits per heavy atom. The number of aryl methyl sites for hydroxylation is 1. The van der Waals surface area contributed by atoms with Gasteiger partial charge < -0.3 is 14.2 Å². The van der Waals surface area contributed by atoms with E-state index in [4.69, 9.17) is 25.8 Å². The molecule has 0 N–H and O–H groups in total. The molecule has 5 heteroatoms. The number of benzene rings is 2. The molecule has 29 heavy (non-hydrogen) atoms. The van der Waals surface area contributed by atoms with Gasteiger partial charge in [-0.05, 0) is 82.1 Å². The summed E-state index contributed by atoms with van der Waals surface area (Å²) in [6.07, 6.45) is 1.57. The average molecular weight is 415 g/mol. The van der Waals surface area contributed by atoms with Gasteiger partial charge in [0.05, 0.1) is 13.2 Å². The van der Waals surface area contributed by atoms with E-state index >= 15 is 0 Å². The maximum Gasteiger partial charge on any atom is 0.349 e. The molecule has 0 fully saturated rings. The van der Waals surface area contributed by atoms with Crippen LogP contribution in [-0.2, 0) is 9.53 Å². The maximum absolute atomic E-state index is 12.0. The zero-order valence-corrected chi connectivity index (χ0v) is 18.1. The van der Waals surface area contributed by atoms with E-state index in [1.165, 1.54) is 0 Å². The molecule has 2 aromatic carbocycles. The molecule has 4 nitrogen and oxygen atoms in total. The standard InChI is InChI=1S/C24H27ClO4/c1-5-27-23(26)24(3,4)29-22-15-14-21(17-18(22)2)28-16-8-6-7-9-19-10-12-20(25)13-11-19/h10-15,17H,5-6,8,16H2,1-4H3. The molecule has 0 aliphatic carbocycles. The summed E-state index contributed by atoms with van der Waals surface area (Å²) in [5.41, 5.74) is 0.793. The molecule has 0 unspecified atom stereocenters. The molecule has 0 aliphatic rings. The van der Waals surface area contributed by atoms with Crippen molar-refractivity contribution >= 4 is 17.6 Å². The SMILES string of the molecule is CCOC(=O)C(C)(C)Oc1ccc(OCCCC#Cc2ccc(Cl)cc2)cc1C. The molecule has 2 aromatic rings. The summed E-state index contributed by atoms with van der Waals surface area (Å²) in [6, 6.07) is 13.0. The van der Waals surface area contributed by atoms with Crippen LogP contribution in [0, 0.1) is 18.8 Å². The first-order valence-corrected chi connectivity index (χ1v) is 10.0. The van der Waals surface area contributed by atoms with Crippen LogP contribution in [0.3, 0.4) is 0 Å². The Labute approximate surface area is 178 Å². The third-order valence-corrected chi connectivity index (χ3v) is 4.32. The van der Waals surface area contributed by atoms with Crippen molar-refractivity contribution in [2.75, 3.05) is 13.2 Å². The third-order valence-electron chi connectivity index (χ3n) is 4.07. The van der Waals surface area contributed by atoms with Gasteiger partial charge in [-0.3, -0.25) is 0 Å². The van der Waals surface area contributed by atoms with Crippen LogP contribution < -0.4 is 9.47 Å². The van der Waals surface area contributed by atoms with Gasteiger partial charge in [-0.1, -0.05) is 23.4 Å². The van der Waals surface area contributed by atoms with Gasteiger partial charge in [0.25, 0.3) is 0 Å². The highest BCUT2D eigenvalue weighted by atomic mass is 35.5. The fourth-order valence-corrected chi connectivity index (χ4v) is 2.62. The minimum Gasteiger partial charge on any atom is -0.494 e. The largest absolute Gasteiger partial charge is 0.494 e. The molecular formula is C24H27ClO4. The number of carbonyl (C=O) groups excluding carboxylic acids is 1. The second-order valence-electron chi connectivity index (χ2n) is 7.02. The molecule has 0 saturated carbocycles. The Morgan fingerprint density at radius 3 is 2.52 bits per heavy atom.